The van der Waals surface area contributed by atoms with Crippen molar-refractivity contribution in [1.29, 1.82) is 0 Å². The van der Waals surface area contributed by atoms with Gasteiger partial charge in [-0.3, -0.25) is 9.59 Å². The number of amides is 2. The van der Waals surface area contributed by atoms with Crippen molar-refractivity contribution in [3.8, 4) is 10.4 Å². The van der Waals surface area contributed by atoms with E-state index in [0.29, 0.717) is 13.1 Å². The van der Waals surface area contributed by atoms with Crippen molar-refractivity contribution in [3.05, 3.63) is 42.5 Å². The Labute approximate surface area is 175 Å². The van der Waals surface area contributed by atoms with Gasteiger partial charge in [-0.2, -0.15) is 0 Å². The number of aromatic nitrogens is 2. The van der Waals surface area contributed by atoms with Gasteiger partial charge in [0.15, 0.2) is 0 Å². The summed E-state index contributed by atoms with van der Waals surface area (Å²) in [5.41, 5.74) is 7.10. The minimum atomic E-state index is -0.348. The Bertz CT molecular complexity index is 1050. The summed E-state index contributed by atoms with van der Waals surface area (Å²) in [6, 6.07) is 8.27. The van der Waals surface area contributed by atoms with Gasteiger partial charge in [0.05, 0.1) is 21.9 Å². The van der Waals surface area contributed by atoms with Gasteiger partial charge in [0.25, 0.3) is 0 Å². The number of primary amides is 1. The highest BCUT2D eigenvalue weighted by atomic mass is 32.2. The number of nitrogens with zero attached hydrogens (tertiary/aromatic N) is 3. The fourth-order valence-electron chi connectivity index (χ4n) is 3.35. The van der Waals surface area contributed by atoms with Gasteiger partial charge in [0, 0.05) is 18.0 Å². The minimum Gasteiger partial charge on any atom is -0.369 e. The van der Waals surface area contributed by atoms with Gasteiger partial charge in [0.1, 0.15) is 17.2 Å². The lowest BCUT2D eigenvalue weighted by Crippen LogP contribution is -2.44. The molecule has 6 nitrogen and oxygen atoms in total. The third-order valence-corrected chi connectivity index (χ3v) is 7.20. The molecule has 0 radical (unpaired) electrons. The predicted octanol–water partition coefficient (Wildman–Crippen LogP) is 3.31. The van der Waals surface area contributed by atoms with Gasteiger partial charge < -0.3 is 10.6 Å². The summed E-state index contributed by atoms with van der Waals surface area (Å²) >= 11 is 2.88. The van der Waals surface area contributed by atoms with Crippen LogP contribution in [0.1, 0.15) is 12.8 Å². The topological polar surface area (TPSA) is 89.2 Å². The SMILES string of the molecule is NC(=O)C1CCCN(C(=O)CSc2ncnc3cc(-c4ccc(F)cc4)sc23)C1. The van der Waals surface area contributed by atoms with E-state index in [9.17, 15) is 14.0 Å². The van der Waals surface area contributed by atoms with Crippen LogP contribution in [0, 0.1) is 11.7 Å². The van der Waals surface area contributed by atoms with Crippen LogP contribution < -0.4 is 5.73 Å². The highest BCUT2D eigenvalue weighted by Gasteiger charge is 2.27. The lowest BCUT2D eigenvalue weighted by Gasteiger charge is -2.31. The standard InChI is InChI=1S/C20H19FN4O2S2/c21-14-5-3-12(4-6-14)16-8-15-18(29-16)20(24-11-23-15)28-10-17(26)25-7-1-2-13(9-25)19(22)27/h3-6,8,11,13H,1-2,7,9-10H2,(H2,22,27). The molecular weight excluding hydrogens is 411 g/mol. The van der Waals surface area contributed by atoms with E-state index in [0.717, 1.165) is 38.5 Å². The second-order valence-electron chi connectivity index (χ2n) is 6.88. The first kappa shape index (κ1) is 19.8. The van der Waals surface area contributed by atoms with Gasteiger partial charge in [-0.05, 0) is 36.6 Å². The van der Waals surface area contributed by atoms with E-state index < -0.39 is 0 Å². The van der Waals surface area contributed by atoms with Gasteiger partial charge in [-0.25, -0.2) is 14.4 Å². The van der Waals surface area contributed by atoms with Crippen LogP contribution in [0.25, 0.3) is 20.7 Å². The summed E-state index contributed by atoms with van der Waals surface area (Å²) in [5.74, 6) is -0.677. The molecule has 2 N–H and O–H groups in total. The quantitative estimate of drug-likeness (QED) is 0.495. The first-order valence-corrected chi connectivity index (χ1v) is 11.0. The van der Waals surface area contributed by atoms with Crippen molar-refractivity contribution < 1.29 is 14.0 Å². The molecule has 3 aromatic rings. The van der Waals surface area contributed by atoms with E-state index in [1.165, 1.54) is 41.6 Å². The maximum atomic E-state index is 13.2. The minimum absolute atomic E-state index is 0.0250. The molecule has 1 atom stereocenters. The molecule has 150 valence electrons. The number of thiophene rings is 1. The summed E-state index contributed by atoms with van der Waals surface area (Å²) in [6.45, 7) is 1.04. The first-order valence-electron chi connectivity index (χ1n) is 9.21. The van der Waals surface area contributed by atoms with Crippen LogP contribution >= 0.6 is 23.1 Å². The number of hydrogen-bond donors (Lipinski definition) is 1. The Morgan fingerprint density at radius 2 is 2.07 bits per heavy atom. The van der Waals surface area contributed by atoms with Crippen LogP contribution in [-0.2, 0) is 9.59 Å². The third kappa shape index (κ3) is 4.40. The molecular formula is C20H19FN4O2S2. The van der Waals surface area contributed by atoms with Crippen LogP contribution in [0.2, 0.25) is 0 Å². The summed E-state index contributed by atoms with van der Waals surface area (Å²) < 4.78 is 14.1. The average molecular weight is 431 g/mol. The van der Waals surface area contributed by atoms with Crippen LogP contribution in [0.3, 0.4) is 0 Å². The van der Waals surface area contributed by atoms with Gasteiger partial charge in [0.2, 0.25) is 11.8 Å². The molecule has 4 rings (SSSR count). The van der Waals surface area contributed by atoms with E-state index in [1.54, 1.807) is 17.0 Å². The molecule has 3 heterocycles. The number of likely N-dealkylation sites (tertiary alicyclic amines) is 1. The molecule has 2 amide bonds. The Morgan fingerprint density at radius 1 is 1.28 bits per heavy atom. The van der Waals surface area contributed by atoms with E-state index in [4.69, 9.17) is 5.73 Å². The summed E-state index contributed by atoms with van der Waals surface area (Å²) in [6.07, 6.45) is 3.01. The smallest absolute Gasteiger partial charge is 0.233 e. The molecule has 1 unspecified atom stereocenters. The number of fused-ring (bicyclic) bond motifs is 1. The molecule has 1 aliphatic heterocycles. The summed E-state index contributed by atoms with van der Waals surface area (Å²) in [5, 5.41) is 0.741. The number of benzene rings is 1. The number of hydrogen-bond acceptors (Lipinski definition) is 6. The van der Waals surface area contributed by atoms with Crippen LogP contribution in [0.15, 0.2) is 41.7 Å². The predicted molar refractivity (Wildman–Crippen MR) is 112 cm³/mol. The van der Waals surface area contributed by atoms with Crippen molar-refractivity contribution in [3.63, 3.8) is 0 Å². The van der Waals surface area contributed by atoms with E-state index >= 15 is 0 Å². The number of nitrogens with two attached hydrogens (primary N) is 1. The Balaban J connectivity index is 1.49. The molecule has 0 bridgehead atoms. The number of rotatable bonds is 5. The highest BCUT2D eigenvalue weighted by molar-refractivity contribution is 8.00. The van der Waals surface area contributed by atoms with E-state index in [2.05, 4.69) is 9.97 Å². The normalized spacial score (nSPS) is 16.9. The molecule has 1 saturated heterocycles. The van der Waals surface area contributed by atoms with Gasteiger partial charge in [-0.15, -0.1) is 11.3 Å². The number of thioether (sulfide) groups is 1. The largest absolute Gasteiger partial charge is 0.369 e. The Kier molecular flexibility index (Phi) is 5.77. The van der Waals surface area contributed by atoms with E-state index in [1.807, 2.05) is 6.07 Å². The van der Waals surface area contributed by atoms with Gasteiger partial charge in [-0.1, -0.05) is 23.9 Å². The van der Waals surface area contributed by atoms with Crippen molar-refractivity contribution >= 4 is 45.1 Å². The van der Waals surface area contributed by atoms with Crippen molar-refractivity contribution in [2.45, 2.75) is 17.9 Å². The molecule has 2 aromatic heterocycles. The summed E-state index contributed by atoms with van der Waals surface area (Å²) in [4.78, 5) is 35.4. The lowest BCUT2D eigenvalue weighted by molar-refractivity contribution is -0.132. The fraction of sp³-hybridized carbons (Fsp3) is 0.300. The van der Waals surface area contributed by atoms with Gasteiger partial charge >= 0.3 is 0 Å². The number of carbonyl (C=O) groups excluding carboxylic acids is 2. The maximum absolute atomic E-state index is 13.2. The lowest BCUT2D eigenvalue weighted by atomic mass is 9.97. The molecule has 9 heteroatoms. The van der Waals surface area contributed by atoms with Crippen LogP contribution in [0.5, 0.6) is 0 Å². The molecule has 1 fully saturated rings. The molecule has 0 spiro atoms. The zero-order valence-corrected chi connectivity index (χ0v) is 17.1. The maximum Gasteiger partial charge on any atom is 0.233 e. The molecule has 0 aliphatic carbocycles. The van der Waals surface area contributed by atoms with Crippen molar-refractivity contribution in [2.75, 3.05) is 18.8 Å². The molecule has 1 aliphatic rings. The first-order chi connectivity index (χ1) is 14.0. The Morgan fingerprint density at radius 3 is 2.83 bits per heavy atom. The number of carbonyl (C=O) groups is 2. The molecule has 1 aromatic carbocycles. The zero-order valence-electron chi connectivity index (χ0n) is 15.5. The number of halogens is 1. The molecule has 29 heavy (non-hydrogen) atoms. The third-order valence-electron chi connectivity index (χ3n) is 4.92. The second-order valence-corrected chi connectivity index (χ2v) is 8.90. The zero-order chi connectivity index (χ0) is 20.4. The second kappa shape index (κ2) is 8.46. The summed E-state index contributed by atoms with van der Waals surface area (Å²) in [7, 11) is 0. The van der Waals surface area contributed by atoms with Crippen molar-refractivity contribution in [2.24, 2.45) is 11.7 Å². The Hall–Kier alpha value is -2.52. The van der Waals surface area contributed by atoms with E-state index in [-0.39, 0.29) is 29.3 Å². The monoisotopic (exact) mass is 430 g/mol. The highest BCUT2D eigenvalue weighted by Crippen LogP contribution is 2.37. The van der Waals surface area contributed by atoms with Crippen LogP contribution in [-0.4, -0.2) is 45.5 Å². The van der Waals surface area contributed by atoms with Crippen molar-refractivity contribution in [1.82, 2.24) is 14.9 Å². The fourth-order valence-corrected chi connectivity index (χ4v) is 5.45. The van der Waals surface area contributed by atoms with Crippen LogP contribution in [0.4, 0.5) is 4.39 Å². The number of piperidine rings is 1. The average Bonchev–Trinajstić information content (AvgIpc) is 3.17. The molecule has 0 saturated carbocycles.